The average Bonchev–Trinajstić information content (AvgIpc) is 3.34. The lowest BCUT2D eigenvalue weighted by atomic mass is 9.81. The van der Waals surface area contributed by atoms with Crippen molar-refractivity contribution in [1.82, 2.24) is 15.5 Å². The first kappa shape index (κ1) is 24.4. The van der Waals surface area contributed by atoms with Gasteiger partial charge in [0.2, 0.25) is 5.91 Å². The van der Waals surface area contributed by atoms with Crippen LogP contribution in [0.5, 0.6) is 0 Å². The largest absolute Gasteiger partial charge is 0.388 e. The summed E-state index contributed by atoms with van der Waals surface area (Å²) in [7, 11) is 0. The van der Waals surface area contributed by atoms with Crippen molar-refractivity contribution in [1.29, 1.82) is 0 Å². The second-order valence-corrected chi connectivity index (χ2v) is 11.3. The highest BCUT2D eigenvalue weighted by molar-refractivity contribution is 5.78. The molecule has 0 aromatic rings. The molecule has 0 spiro atoms. The van der Waals surface area contributed by atoms with E-state index in [-0.39, 0.29) is 17.9 Å². The number of piperidine rings is 1. The van der Waals surface area contributed by atoms with E-state index >= 15 is 0 Å². The van der Waals surface area contributed by atoms with Crippen LogP contribution in [0, 0.1) is 17.8 Å². The molecule has 3 N–H and O–H groups in total. The van der Waals surface area contributed by atoms with Crippen molar-refractivity contribution in [2.24, 2.45) is 17.8 Å². The number of hydrogen-bond acceptors (Lipinski definition) is 5. The van der Waals surface area contributed by atoms with Gasteiger partial charge in [-0.3, -0.25) is 4.79 Å². The fourth-order valence-corrected chi connectivity index (χ4v) is 6.37. The van der Waals surface area contributed by atoms with Crippen molar-refractivity contribution < 1.29 is 14.6 Å². The molecule has 2 aliphatic heterocycles. The van der Waals surface area contributed by atoms with E-state index in [0.29, 0.717) is 19.0 Å². The number of hydrogen-bond donors (Lipinski definition) is 3. The van der Waals surface area contributed by atoms with E-state index in [2.05, 4.69) is 15.5 Å². The van der Waals surface area contributed by atoms with E-state index in [1.807, 2.05) is 0 Å². The van der Waals surface area contributed by atoms with Crippen molar-refractivity contribution in [3.63, 3.8) is 0 Å². The lowest BCUT2D eigenvalue weighted by molar-refractivity contribution is -0.126. The molecule has 1 unspecified atom stereocenters. The highest BCUT2D eigenvalue weighted by atomic mass is 16.5. The molecule has 0 bridgehead atoms. The van der Waals surface area contributed by atoms with Gasteiger partial charge < -0.3 is 25.4 Å². The molecule has 2 saturated heterocycles. The van der Waals surface area contributed by atoms with Gasteiger partial charge in [-0.15, -0.1) is 0 Å². The molecule has 6 heteroatoms. The van der Waals surface area contributed by atoms with Crippen LogP contribution in [0.3, 0.4) is 0 Å². The van der Waals surface area contributed by atoms with E-state index in [1.54, 1.807) is 0 Å². The quantitative estimate of drug-likeness (QED) is 0.504. The summed E-state index contributed by atoms with van der Waals surface area (Å²) in [5.41, 5.74) is -0.539. The summed E-state index contributed by atoms with van der Waals surface area (Å²) in [4.78, 5) is 15.1. The molecule has 0 aromatic heterocycles. The van der Waals surface area contributed by atoms with Gasteiger partial charge in [-0.2, -0.15) is 0 Å². The number of rotatable bonds is 9. The Morgan fingerprint density at radius 1 is 0.906 bits per heavy atom. The highest BCUT2D eigenvalue weighted by Crippen LogP contribution is 2.30. The van der Waals surface area contributed by atoms with Gasteiger partial charge in [-0.05, 0) is 82.6 Å². The highest BCUT2D eigenvalue weighted by Gasteiger charge is 2.33. The van der Waals surface area contributed by atoms with Crippen LogP contribution >= 0.6 is 0 Å². The lowest BCUT2D eigenvalue weighted by Crippen LogP contribution is -2.51. The number of ether oxygens (including phenoxy) is 1. The fourth-order valence-electron chi connectivity index (χ4n) is 6.37. The Morgan fingerprint density at radius 2 is 1.66 bits per heavy atom. The third kappa shape index (κ3) is 7.41. The van der Waals surface area contributed by atoms with Gasteiger partial charge in [0, 0.05) is 45.2 Å². The number of amides is 1. The minimum absolute atomic E-state index is 0.172. The molecule has 184 valence electrons. The standard InChI is InChI=1S/C26H47N3O3/c30-25(28-18-24-7-4-16-32-24)23-10-8-21(9-11-23)17-27-20-26(31)12-14-29(15-13-26)19-22-5-2-1-3-6-22/h21-24,27,31H,1-20H2,(H,28,30). The zero-order valence-electron chi connectivity index (χ0n) is 20.2. The van der Waals surface area contributed by atoms with Crippen LogP contribution in [-0.4, -0.2) is 73.5 Å². The molecule has 4 fully saturated rings. The minimum Gasteiger partial charge on any atom is -0.388 e. The van der Waals surface area contributed by atoms with Crippen LogP contribution in [0.25, 0.3) is 0 Å². The number of aliphatic hydroxyl groups is 1. The smallest absolute Gasteiger partial charge is 0.223 e. The molecule has 0 aromatic carbocycles. The zero-order chi connectivity index (χ0) is 22.2. The van der Waals surface area contributed by atoms with Crippen LogP contribution in [0.15, 0.2) is 0 Å². The Morgan fingerprint density at radius 3 is 2.34 bits per heavy atom. The SMILES string of the molecule is O=C(NCC1CCCO1)C1CCC(CNCC2(O)CCN(CC3CCCCC3)CC2)CC1. The molecule has 4 rings (SSSR count). The maximum absolute atomic E-state index is 12.5. The second kappa shape index (κ2) is 12.1. The maximum Gasteiger partial charge on any atom is 0.223 e. The Balaban J connectivity index is 1.06. The predicted octanol–water partition coefficient (Wildman–Crippen LogP) is 3.08. The third-order valence-electron chi connectivity index (χ3n) is 8.66. The first-order valence-corrected chi connectivity index (χ1v) is 13.6. The van der Waals surface area contributed by atoms with Crippen LogP contribution < -0.4 is 10.6 Å². The average molecular weight is 450 g/mol. The van der Waals surface area contributed by atoms with Gasteiger partial charge in [-0.1, -0.05) is 19.3 Å². The predicted molar refractivity (Wildman–Crippen MR) is 128 cm³/mol. The molecule has 1 atom stereocenters. The van der Waals surface area contributed by atoms with Gasteiger partial charge in [0.25, 0.3) is 0 Å². The fraction of sp³-hybridized carbons (Fsp3) is 0.962. The van der Waals surface area contributed by atoms with Crippen LogP contribution in [0.1, 0.15) is 83.5 Å². The monoisotopic (exact) mass is 449 g/mol. The van der Waals surface area contributed by atoms with E-state index < -0.39 is 5.60 Å². The van der Waals surface area contributed by atoms with Crippen molar-refractivity contribution in [3.8, 4) is 0 Å². The van der Waals surface area contributed by atoms with Crippen molar-refractivity contribution in [2.75, 3.05) is 45.9 Å². The summed E-state index contributed by atoms with van der Waals surface area (Å²) in [6, 6.07) is 0. The van der Waals surface area contributed by atoms with Crippen molar-refractivity contribution >= 4 is 5.91 Å². The summed E-state index contributed by atoms with van der Waals surface area (Å²) in [6.45, 7) is 6.53. The van der Waals surface area contributed by atoms with Crippen molar-refractivity contribution in [3.05, 3.63) is 0 Å². The first-order chi connectivity index (χ1) is 15.6. The Hall–Kier alpha value is -0.690. The molecular weight excluding hydrogens is 402 g/mol. The van der Waals surface area contributed by atoms with Gasteiger partial charge in [0.15, 0.2) is 0 Å². The van der Waals surface area contributed by atoms with Gasteiger partial charge in [0.05, 0.1) is 11.7 Å². The summed E-state index contributed by atoms with van der Waals surface area (Å²) in [6.07, 6.45) is 15.5. The van der Waals surface area contributed by atoms with Crippen molar-refractivity contribution in [2.45, 2.75) is 95.2 Å². The topological polar surface area (TPSA) is 73.8 Å². The summed E-state index contributed by atoms with van der Waals surface area (Å²) >= 11 is 0. The molecule has 2 saturated carbocycles. The first-order valence-electron chi connectivity index (χ1n) is 13.6. The molecule has 6 nitrogen and oxygen atoms in total. The molecule has 2 heterocycles. The second-order valence-electron chi connectivity index (χ2n) is 11.3. The molecule has 32 heavy (non-hydrogen) atoms. The van der Waals surface area contributed by atoms with Crippen LogP contribution in [0.2, 0.25) is 0 Å². The number of carbonyl (C=O) groups is 1. The molecule has 4 aliphatic rings. The number of nitrogens with one attached hydrogen (secondary N) is 2. The van der Waals surface area contributed by atoms with E-state index in [4.69, 9.17) is 4.74 Å². The Labute approximate surface area is 195 Å². The van der Waals surface area contributed by atoms with E-state index in [1.165, 1.54) is 38.6 Å². The normalized spacial score (nSPS) is 32.1. The molecule has 2 aliphatic carbocycles. The zero-order valence-corrected chi connectivity index (χ0v) is 20.2. The van der Waals surface area contributed by atoms with Crippen LogP contribution in [-0.2, 0) is 9.53 Å². The molecule has 1 amide bonds. The molecule has 0 radical (unpaired) electrons. The third-order valence-corrected chi connectivity index (χ3v) is 8.66. The molecular formula is C26H47N3O3. The summed E-state index contributed by atoms with van der Waals surface area (Å²) in [5.74, 6) is 1.92. The van der Waals surface area contributed by atoms with E-state index in [0.717, 1.165) is 83.5 Å². The van der Waals surface area contributed by atoms with Crippen LogP contribution in [0.4, 0.5) is 0 Å². The minimum atomic E-state index is -0.539. The van der Waals surface area contributed by atoms with Gasteiger partial charge in [0.1, 0.15) is 0 Å². The number of nitrogens with zero attached hydrogens (tertiary/aromatic N) is 1. The summed E-state index contributed by atoms with van der Waals surface area (Å²) in [5, 5.41) is 17.7. The Bertz CT molecular complexity index is 559. The summed E-state index contributed by atoms with van der Waals surface area (Å²) < 4.78 is 5.60. The van der Waals surface area contributed by atoms with E-state index in [9.17, 15) is 9.90 Å². The lowest BCUT2D eigenvalue weighted by Gasteiger charge is -2.40. The number of likely N-dealkylation sites (tertiary alicyclic amines) is 1. The van der Waals surface area contributed by atoms with Gasteiger partial charge >= 0.3 is 0 Å². The van der Waals surface area contributed by atoms with Gasteiger partial charge in [-0.25, -0.2) is 0 Å². The Kier molecular flexibility index (Phi) is 9.27. The maximum atomic E-state index is 12.5. The number of carbonyl (C=O) groups excluding carboxylic acids is 1.